The highest BCUT2D eigenvalue weighted by molar-refractivity contribution is 7.47. The summed E-state index contributed by atoms with van der Waals surface area (Å²) in [4.78, 5) is 14.8. The number of rotatable bonds is 29. The van der Waals surface area contributed by atoms with Crippen LogP contribution in [0.25, 0.3) is 5.52 Å². The molecule has 1 aliphatic rings. The van der Waals surface area contributed by atoms with Gasteiger partial charge in [-0.1, -0.05) is 115 Å². The molecule has 0 radical (unpaired) electrons. The van der Waals surface area contributed by atoms with E-state index < -0.39 is 56.9 Å². The Morgan fingerprint density at radius 2 is 1.60 bits per heavy atom. The summed E-state index contributed by atoms with van der Waals surface area (Å²) < 4.78 is 56.7. The zero-order valence-electron chi connectivity index (χ0n) is 34.1. The molecular weight excluding hydrogens is 766 g/mol. The van der Waals surface area contributed by atoms with Crippen molar-refractivity contribution < 1.29 is 47.3 Å². The van der Waals surface area contributed by atoms with Gasteiger partial charge in [-0.3, -0.25) is 9.05 Å². The van der Waals surface area contributed by atoms with E-state index in [9.17, 15) is 29.3 Å². The zero-order chi connectivity index (χ0) is 41.8. The average Bonchev–Trinajstić information content (AvgIpc) is 3.77. The summed E-state index contributed by atoms with van der Waals surface area (Å²) in [6.07, 6.45) is 22.0. The Hall–Kier alpha value is -3.27. The largest absolute Gasteiger partial charge is 0.472 e. The maximum atomic E-state index is 13.9. The second kappa shape index (κ2) is 24.7. The molecule has 0 saturated carbocycles. The van der Waals surface area contributed by atoms with Crippen LogP contribution in [0.2, 0.25) is 0 Å². The summed E-state index contributed by atoms with van der Waals surface area (Å²) in [5.41, 5.74) is 0.0548. The number of phosphoric ester groups is 1. The minimum atomic E-state index is -4.77. The Bertz CT molecular complexity index is 1820. The number of aromatic nitrogens is 3. The van der Waals surface area contributed by atoms with Crippen LogP contribution in [0.3, 0.4) is 0 Å². The first-order valence-corrected chi connectivity index (χ1v) is 22.4. The van der Waals surface area contributed by atoms with Gasteiger partial charge in [-0.15, -0.1) is 6.42 Å². The van der Waals surface area contributed by atoms with Crippen molar-refractivity contribution in [1.29, 1.82) is 5.26 Å². The normalized spacial score (nSPS) is 20.9. The second-order valence-corrected chi connectivity index (χ2v) is 16.6. The average molecular weight is 829 g/mol. The molecule has 3 aromatic rings. The Labute approximate surface area is 342 Å². The highest BCUT2D eigenvalue weighted by Gasteiger charge is 2.56. The first-order chi connectivity index (χ1) is 28.0. The van der Waals surface area contributed by atoms with Crippen molar-refractivity contribution in [3.05, 3.63) is 65.0 Å². The predicted octanol–water partition coefficient (Wildman–Crippen LogP) is 7.99. The standard InChI is InChI=1S/C43H62FN4O9P/c1-4-6-7-8-9-10-11-12-13-14-15-16-17-18-19-20-25-53-29-36(54-28-34-21-22-37(44)35(26-34)27-45)30-55-58(51,52)56-31-39-41(49)42(50)43(5-2,57-39)40-24-23-38-33(3)46-32-47-48(38)40/h2,21-24,26,32,36,39,41-42,49-50H,4,6-20,25,28-31H2,1,3H3,(H,51,52)/t36-,39-,41-,42-,43+/m1/s1. The smallest absolute Gasteiger partial charge is 0.387 e. The molecule has 320 valence electrons. The lowest BCUT2D eigenvalue weighted by Crippen LogP contribution is -2.41. The van der Waals surface area contributed by atoms with Crippen molar-refractivity contribution in [2.45, 2.75) is 153 Å². The van der Waals surface area contributed by atoms with Crippen molar-refractivity contribution in [3.63, 3.8) is 0 Å². The highest BCUT2D eigenvalue weighted by atomic mass is 31.2. The van der Waals surface area contributed by atoms with Crippen LogP contribution >= 0.6 is 7.82 Å². The fraction of sp³-hybridized carbons (Fsp3) is 0.651. The molecule has 3 N–H and O–H groups in total. The van der Waals surface area contributed by atoms with Gasteiger partial charge < -0.3 is 29.3 Å². The molecule has 3 heterocycles. The molecule has 1 aliphatic heterocycles. The van der Waals surface area contributed by atoms with Gasteiger partial charge in [0, 0.05) is 6.61 Å². The van der Waals surface area contributed by atoms with E-state index in [4.69, 9.17) is 29.7 Å². The maximum Gasteiger partial charge on any atom is 0.472 e. The number of hydrogen-bond acceptors (Lipinski definition) is 11. The van der Waals surface area contributed by atoms with E-state index in [1.807, 2.05) is 0 Å². The summed E-state index contributed by atoms with van der Waals surface area (Å²) >= 11 is 0. The molecule has 6 atom stereocenters. The third-order valence-electron chi connectivity index (χ3n) is 10.6. The summed E-state index contributed by atoms with van der Waals surface area (Å²) in [6, 6.07) is 9.12. The van der Waals surface area contributed by atoms with Crippen LogP contribution in [0.1, 0.15) is 132 Å². The first-order valence-electron chi connectivity index (χ1n) is 20.9. The SMILES string of the molecule is C#C[C@@]1(c2ccc3c(C)ncnn23)O[C@H](COP(=O)(O)OC[C@@H](COCCCCCCCCCCCCCCCCCC)OCc2ccc(F)c(C#N)c2)[C@@H](O)[C@H]1O. The number of nitrogens with zero attached hydrogens (tertiary/aromatic N) is 4. The minimum absolute atomic E-state index is 0.0284. The van der Waals surface area contributed by atoms with Crippen molar-refractivity contribution in [2.75, 3.05) is 26.4 Å². The summed E-state index contributed by atoms with van der Waals surface area (Å²) in [5, 5.41) is 35.4. The first kappa shape index (κ1) is 47.4. The van der Waals surface area contributed by atoms with E-state index in [1.54, 1.807) is 25.1 Å². The zero-order valence-corrected chi connectivity index (χ0v) is 35.0. The number of aryl methyl sites for hydroxylation is 1. The Morgan fingerprint density at radius 3 is 2.22 bits per heavy atom. The second-order valence-electron chi connectivity index (χ2n) is 15.1. The lowest BCUT2D eigenvalue weighted by Gasteiger charge is -2.26. The fourth-order valence-electron chi connectivity index (χ4n) is 7.15. The van der Waals surface area contributed by atoms with Crippen molar-refractivity contribution in [3.8, 4) is 18.4 Å². The van der Waals surface area contributed by atoms with Crippen molar-refractivity contribution in [2.24, 2.45) is 0 Å². The number of aliphatic hydroxyl groups is 2. The van der Waals surface area contributed by atoms with Gasteiger partial charge in [0.25, 0.3) is 0 Å². The number of phosphoric acid groups is 1. The van der Waals surface area contributed by atoms with E-state index in [0.717, 1.165) is 19.3 Å². The molecule has 0 spiro atoms. The van der Waals surface area contributed by atoms with Crippen LogP contribution in [0.15, 0.2) is 36.7 Å². The quantitative estimate of drug-likeness (QED) is 0.0350. The van der Waals surface area contributed by atoms with Gasteiger partial charge in [0.2, 0.25) is 0 Å². The molecule has 2 aromatic heterocycles. The van der Waals surface area contributed by atoms with Gasteiger partial charge in [0.15, 0.2) is 5.60 Å². The van der Waals surface area contributed by atoms with Crippen LogP contribution in [-0.2, 0) is 40.0 Å². The van der Waals surface area contributed by atoms with Gasteiger partial charge in [0.1, 0.15) is 42.6 Å². The minimum Gasteiger partial charge on any atom is -0.387 e. The number of terminal acetylenes is 1. The topological polar surface area (TPSA) is 178 Å². The monoisotopic (exact) mass is 828 g/mol. The van der Waals surface area contributed by atoms with E-state index >= 15 is 0 Å². The highest BCUT2D eigenvalue weighted by Crippen LogP contribution is 2.46. The van der Waals surface area contributed by atoms with Gasteiger partial charge in [-0.25, -0.2) is 18.5 Å². The summed E-state index contributed by atoms with van der Waals surface area (Å²) in [6.45, 7) is 3.40. The van der Waals surface area contributed by atoms with Crippen molar-refractivity contribution in [1.82, 2.24) is 14.6 Å². The van der Waals surface area contributed by atoms with Crippen LogP contribution in [0.5, 0.6) is 0 Å². The molecule has 0 amide bonds. The van der Waals surface area contributed by atoms with E-state index in [1.165, 1.54) is 113 Å². The van der Waals surface area contributed by atoms with Gasteiger partial charge in [-0.05, 0) is 43.2 Å². The van der Waals surface area contributed by atoms with E-state index in [0.29, 0.717) is 23.4 Å². The molecule has 0 bridgehead atoms. The molecular formula is C43H62FN4O9P. The number of benzene rings is 1. The Morgan fingerprint density at radius 1 is 0.966 bits per heavy atom. The molecule has 0 aliphatic carbocycles. The third-order valence-corrected chi connectivity index (χ3v) is 11.6. The van der Waals surface area contributed by atoms with Crippen LogP contribution in [0.4, 0.5) is 4.39 Å². The summed E-state index contributed by atoms with van der Waals surface area (Å²) in [7, 11) is -4.77. The molecule has 1 fully saturated rings. The van der Waals surface area contributed by atoms with Gasteiger partial charge in [-0.2, -0.15) is 10.4 Å². The number of unbranched alkanes of at least 4 members (excludes halogenated alkanes) is 15. The van der Waals surface area contributed by atoms with E-state index in [2.05, 4.69) is 22.9 Å². The molecule has 1 saturated heterocycles. The number of halogens is 1. The van der Waals surface area contributed by atoms with E-state index in [-0.39, 0.29) is 24.5 Å². The molecule has 58 heavy (non-hydrogen) atoms. The van der Waals surface area contributed by atoms with Gasteiger partial charge >= 0.3 is 7.82 Å². The molecule has 1 aromatic carbocycles. The molecule has 4 rings (SSSR count). The van der Waals surface area contributed by atoms with Crippen LogP contribution in [-0.4, -0.2) is 80.5 Å². The molecule has 15 heteroatoms. The molecule has 1 unspecified atom stereocenters. The number of ether oxygens (including phenoxy) is 3. The lowest BCUT2D eigenvalue weighted by molar-refractivity contribution is -0.0681. The van der Waals surface area contributed by atoms with Crippen molar-refractivity contribution >= 4 is 13.3 Å². The third kappa shape index (κ3) is 14.2. The Balaban J connectivity index is 1.20. The fourth-order valence-corrected chi connectivity index (χ4v) is 7.92. The van der Waals surface area contributed by atoms with Crippen LogP contribution < -0.4 is 0 Å². The summed E-state index contributed by atoms with van der Waals surface area (Å²) in [5.74, 6) is 1.78. The predicted molar refractivity (Wildman–Crippen MR) is 217 cm³/mol. The number of fused-ring (bicyclic) bond motifs is 1. The number of hydrogen-bond donors (Lipinski definition) is 3. The van der Waals surface area contributed by atoms with Crippen LogP contribution in [0, 0.1) is 36.4 Å². The number of aliphatic hydroxyl groups excluding tert-OH is 2. The maximum absolute atomic E-state index is 13.9. The Kier molecular flexibility index (Phi) is 20.2. The lowest BCUT2D eigenvalue weighted by atomic mass is 9.92. The van der Waals surface area contributed by atoms with Gasteiger partial charge in [0.05, 0.1) is 48.9 Å². The number of nitriles is 1. The molecule has 13 nitrogen and oxygen atoms in total.